The van der Waals surface area contributed by atoms with Gasteiger partial charge in [0.1, 0.15) is 5.25 Å². The van der Waals surface area contributed by atoms with E-state index in [0.29, 0.717) is 18.4 Å². The third-order valence-corrected chi connectivity index (χ3v) is 3.99. The van der Waals surface area contributed by atoms with Crippen molar-refractivity contribution in [2.75, 3.05) is 24.7 Å². The van der Waals surface area contributed by atoms with Crippen LogP contribution in [-0.4, -0.2) is 49.2 Å². The number of hydrogen-bond acceptors (Lipinski definition) is 3. The average molecular weight is 300 g/mol. The summed E-state index contributed by atoms with van der Waals surface area (Å²) in [6, 6.07) is 0. The maximum Gasteiger partial charge on any atom is 0.240 e. The van der Waals surface area contributed by atoms with E-state index in [-0.39, 0.29) is 5.91 Å². The molecule has 0 N–H and O–H groups in total. The van der Waals surface area contributed by atoms with Crippen LogP contribution in [0.4, 0.5) is 0 Å². The number of carbonyl (C=O) groups excluding carboxylic acids is 1. The normalized spacial score (nSPS) is 13.6. The molecule has 0 aromatic heterocycles. The van der Waals surface area contributed by atoms with Crippen molar-refractivity contribution in [3.05, 3.63) is 0 Å². The minimum absolute atomic E-state index is 0.307. The van der Waals surface area contributed by atoms with E-state index in [9.17, 15) is 13.2 Å². The van der Waals surface area contributed by atoms with E-state index in [4.69, 9.17) is 0 Å². The number of sulfone groups is 1. The highest BCUT2D eigenvalue weighted by atomic mass is 79.9. The van der Waals surface area contributed by atoms with Gasteiger partial charge in [-0.15, -0.1) is 0 Å². The van der Waals surface area contributed by atoms with E-state index in [1.165, 1.54) is 6.92 Å². The van der Waals surface area contributed by atoms with Gasteiger partial charge in [0.05, 0.1) is 0 Å². The Morgan fingerprint density at radius 2 is 1.93 bits per heavy atom. The van der Waals surface area contributed by atoms with Crippen LogP contribution in [0.15, 0.2) is 0 Å². The topological polar surface area (TPSA) is 54.5 Å². The van der Waals surface area contributed by atoms with Crippen molar-refractivity contribution in [2.24, 2.45) is 0 Å². The number of carbonyl (C=O) groups is 1. The van der Waals surface area contributed by atoms with Crippen LogP contribution in [0.3, 0.4) is 0 Å². The van der Waals surface area contributed by atoms with Gasteiger partial charge in [-0.05, 0) is 13.3 Å². The molecule has 1 atom stereocenters. The number of hydrogen-bond donors (Lipinski definition) is 0. The van der Waals surface area contributed by atoms with Crippen molar-refractivity contribution in [3.63, 3.8) is 0 Å². The molecule has 0 spiro atoms. The van der Waals surface area contributed by atoms with Crippen LogP contribution in [0.2, 0.25) is 0 Å². The minimum atomic E-state index is -3.29. The summed E-state index contributed by atoms with van der Waals surface area (Å²) >= 11 is 3.24. The van der Waals surface area contributed by atoms with Gasteiger partial charge in [-0.25, -0.2) is 8.42 Å². The first-order valence-electron chi connectivity index (χ1n) is 4.88. The summed E-state index contributed by atoms with van der Waals surface area (Å²) in [7, 11) is -3.29. The molecule has 4 nitrogen and oxygen atoms in total. The largest absolute Gasteiger partial charge is 0.341 e. The van der Waals surface area contributed by atoms with Crippen molar-refractivity contribution < 1.29 is 13.2 Å². The van der Waals surface area contributed by atoms with E-state index >= 15 is 0 Å². The fraction of sp³-hybridized carbons (Fsp3) is 0.889. The Labute approximate surface area is 100 Å². The fourth-order valence-corrected chi connectivity index (χ4v) is 2.09. The number of rotatable bonds is 6. The Morgan fingerprint density at radius 1 is 1.40 bits per heavy atom. The van der Waals surface area contributed by atoms with Gasteiger partial charge in [0, 0.05) is 24.7 Å². The van der Waals surface area contributed by atoms with Gasteiger partial charge in [-0.3, -0.25) is 4.79 Å². The number of amides is 1. The second kappa shape index (κ2) is 6.48. The maximum atomic E-state index is 11.8. The van der Waals surface area contributed by atoms with Crippen molar-refractivity contribution in [2.45, 2.75) is 25.5 Å². The van der Waals surface area contributed by atoms with Crippen molar-refractivity contribution in [1.29, 1.82) is 0 Å². The average Bonchev–Trinajstić information content (AvgIpc) is 2.14. The molecule has 6 heteroatoms. The smallest absolute Gasteiger partial charge is 0.240 e. The monoisotopic (exact) mass is 299 g/mol. The first-order valence-corrected chi connectivity index (χ1v) is 7.95. The second-order valence-corrected chi connectivity index (χ2v) is 6.65. The van der Waals surface area contributed by atoms with E-state index in [1.807, 2.05) is 6.92 Å². The Kier molecular flexibility index (Phi) is 6.43. The highest BCUT2D eigenvalue weighted by Gasteiger charge is 2.27. The summed E-state index contributed by atoms with van der Waals surface area (Å²) in [6.07, 6.45) is 1.92. The molecule has 0 radical (unpaired) electrons. The molecular weight excluding hydrogens is 282 g/mol. The predicted octanol–water partition coefficient (Wildman–Crippen LogP) is 1.05. The molecule has 1 unspecified atom stereocenters. The first-order chi connectivity index (χ1) is 6.84. The highest BCUT2D eigenvalue weighted by Crippen LogP contribution is 2.05. The van der Waals surface area contributed by atoms with Crippen LogP contribution >= 0.6 is 15.9 Å². The van der Waals surface area contributed by atoms with Crippen LogP contribution < -0.4 is 0 Å². The number of nitrogens with zero attached hydrogens (tertiary/aromatic N) is 1. The van der Waals surface area contributed by atoms with E-state index in [2.05, 4.69) is 15.9 Å². The van der Waals surface area contributed by atoms with Gasteiger partial charge in [-0.1, -0.05) is 22.9 Å². The summed E-state index contributed by atoms with van der Waals surface area (Å²) in [4.78, 5) is 13.4. The molecule has 0 aliphatic rings. The third-order valence-electron chi connectivity index (χ3n) is 2.15. The molecule has 0 fully saturated rings. The lowest BCUT2D eigenvalue weighted by molar-refractivity contribution is -0.130. The van der Waals surface area contributed by atoms with Crippen LogP contribution in [0, 0.1) is 0 Å². The van der Waals surface area contributed by atoms with Gasteiger partial charge in [-0.2, -0.15) is 0 Å². The van der Waals surface area contributed by atoms with Crippen molar-refractivity contribution in [3.8, 4) is 0 Å². The molecule has 0 aromatic carbocycles. The molecule has 0 saturated heterocycles. The van der Waals surface area contributed by atoms with Crippen LogP contribution in [0.1, 0.15) is 20.3 Å². The van der Waals surface area contributed by atoms with Gasteiger partial charge >= 0.3 is 0 Å². The fourth-order valence-electron chi connectivity index (χ4n) is 1.14. The van der Waals surface area contributed by atoms with Crippen LogP contribution in [0.5, 0.6) is 0 Å². The highest BCUT2D eigenvalue weighted by molar-refractivity contribution is 9.09. The lowest BCUT2D eigenvalue weighted by Crippen LogP contribution is -2.42. The van der Waals surface area contributed by atoms with Crippen LogP contribution in [0.25, 0.3) is 0 Å². The zero-order chi connectivity index (χ0) is 12.1. The summed E-state index contributed by atoms with van der Waals surface area (Å²) < 4.78 is 22.5. The molecule has 0 aromatic rings. The van der Waals surface area contributed by atoms with Gasteiger partial charge < -0.3 is 4.90 Å². The molecule has 0 rings (SSSR count). The molecule has 15 heavy (non-hydrogen) atoms. The van der Waals surface area contributed by atoms with Gasteiger partial charge in [0.25, 0.3) is 0 Å². The van der Waals surface area contributed by atoms with Crippen molar-refractivity contribution >= 4 is 31.7 Å². The zero-order valence-electron chi connectivity index (χ0n) is 9.36. The van der Waals surface area contributed by atoms with E-state index in [1.54, 1.807) is 4.90 Å². The quantitative estimate of drug-likeness (QED) is 0.689. The van der Waals surface area contributed by atoms with E-state index < -0.39 is 15.1 Å². The van der Waals surface area contributed by atoms with Gasteiger partial charge in [0.2, 0.25) is 5.91 Å². The maximum absolute atomic E-state index is 11.8. The Balaban J connectivity index is 4.63. The van der Waals surface area contributed by atoms with Crippen LogP contribution in [-0.2, 0) is 14.6 Å². The molecule has 1 amide bonds. The Hall–Kier alpha value is -0.100. The molecule has 0 saturated carbocycles. The molecular formula is C9H18BrNO3S. The standard InChI is InChI=1S/C9H18BrNO3S/c1-4-6-11(7-5-10)9(12)8(2)15(3,13)14/h8H,4-7H2,1-3H3. The SMILES string of the molecule is CCCN(CCBr)C(=O)C(C)S(C)(=O)=O. The Morgan fingerprint density at radius 3 is 2.27 bits per heavy atom. The minimum Gasteiger partial charge on any atom is -0.341 e. The predicted molar refractivity (Wildman–Crippen MR) is 65.0 cm³/mol. The molecule has 0 aliphatic heterocycles. The third kappa shape index (κ3) is 4.97. The lowest BCUT2D eigenvalue weighted by Gasteiger charge is -2.23. The summed E-state index contributed by atoms with van der Waals surface area (Å²) in [6.45, 7) is 4.55. The number of halogens is 1. The summed E-state index contributed by atoms with van der Waals surface area (Å²) in [5.74, 6) is -0.307. The second-order valence-electron chi connectivity index (χ2n) is 3.49. The summed E-state index contributed by atoms with van der Waals surface area (Å²) in [5.41, 5.74) is 0. The molecule has 0 aliphatic carbocycles. The molecule has 0 bridgehead atoms. The number of alkyl halides is 1. The summed E-state index contributed by atoms with van der Waals surface area (Å²) in [5, 5.41) is -0.280. The molecule has 90 valence electrons. The first kappa shape index (κ1) is 14.9. The Bertz CT molecular complexity index is 296. The zero-order valence-corrected chi connectivity index (χ0v) is 11.8. The van der Waals surface area contributed by atoms with Crippen molar-refractivity contribution in [1.82, 2.24) is 4.90 Å². The van der Waals surface area contributed by atoms with Gasteiger partial charge in [0.15, 0.2) is 9.84 Å². The lowest BCUT2D eigenvalue weighted by atomic mass is 10.3. The molecule has 0 heterocycles. The van der Waals surface area contributed by atoms with E-state index in [0.717, 1.165) is 12.7 Å².